The number of likely N-dealkylation sites (tertiary alicyclic amines) is 1. The molecule has 2 aliphatic heterocycles. The average Bonchev–Trinajstić information content (AvgIpc) is 3.26. The van der Waals surface area contributed by atoms with Gasteiger partial charge in [-0.3, -0.25) is 9.58 Å². The highest BCUT2D eigenvalue weighted by Gasteiger charge is 2.22. The number of rotatable bonds is 5. The van der Waals surface area contributed by atoms with E-state index in [-0.39, 0.29) is 0 Å². The van der Waals surface area contributed by atoms with Gasteiger partial charge in [0.25, 0.3) is 0 Å². The Hall–Kier alpha value is -2.12. The minimum absolute atomic E-state index is 0.322. The molecule has 0 spiro atoms. The first-order chi connectivity index (χ1) is 12.6. The van der Waals surface area contributed by atoms with E-state index >= 15 is 0 Å². The second-order valence-electron chi connectivity index (χ2n) is 7.39. The largest absolute Gasteiger partial charge is 0.454 e. The van der Waals surface area contributed by atoms with Crippen LogP contribution in [0.5, 0.6) is 11.5 Å². The van der Waals surface area contributed by atoms with Crippen LogP contribution in [0.4, 0.5) is 0 Å². The molecule has 1 atom stereocenters. The van der Waals surface area contributed by atoms with Gasteiger partial charge in [-0.05, 0) is 69.0 Å². The molecule has 1 saturated heterocycles. The third-order valence-electron chi connectivity index (χ3n) is 5.36. The van der Waals surface area contributed by atoms with Gasteiger partial charge in [0.1, 0.15) is 5.69 Å². The van der Waals surface area contributed by atoms with Gasteiger partial charge in [-0.15, -0.1) is 5.10 Å². The van der Waals surface area contributed by atoms with Gasteiger partial charge in [0.15, 0.2) is 11.5 Å². The lowest BCUT2D eigenvalue weighted by molar-refractivity contribution is 0.163. The number of nitrogens with zero attached hydrogens (tertiary/aromatic N) is 4. The lowest BCUT2D eigenvalue weighted by Gasteiger charge is -2.32. The summed E-state index contributed by atoms with van der Waals surface area (Å²) in [6, 6.07) is 4.20. The fourth-order valence-electron chi connectivity index (χ4n) is 3.68. The van der Waals surface area contributed by atoms with Gasteiger partial charge in [0.05, 0.1) is 12.3 Å². The highest BCUT2D eigenvalue weighted by Crippen LogP contribution is 2.35. The predicted molar refractivity (Wildman–Crippen MR) is 96.0 cm³/mol. The molecule has 1 aromatic carbocycles. The van der Waals surface area contributed by atoms with Crippen LogP contribution in [0, 0.1) is 12.8 Å². The van der Waals surface area contributed by atoms with Crippen LogP contribution in [0.1, 0.15) is 42.7 Å². The number of aliphatic hydroxyl groups is 1. The number of ether oxygens (including phenoxy) is 2. The predicted octanol–water partition coefficient (Wildman–Crippen LogP) is 2.28. The van der Waals surface area contributed by atoms with Crippen molar-refractivity contribution in [3.63, 3.8) is 0 Å². The van der Waals surface area contributed by atoms with E-state index in [2.05, 4.69) is 34.3 Å². The lowest BCUT2D eigenvalue weighted by Crippen LogP contribution is -2.34. The molecule has 4 rings (SSSR count). The van der Waals surface area contributed by atoms with Crippen molar-refractivity contribution < 1.29 is 14.6 Å². The molecule has 2 aromatic rings. The molecule has 140 valence electrons. The minimum Gasteiger partial charge on any atom is -0.454 e. The number of aliphatic hydroxyl groups excluding tert-OH is 1. The normalized spacial score (nSPS) is 19.0. The van der Waals surface area contributed by atoms with E-state index < -0.39 is 6.10 Å². The molecule has 0 aliphatic carbocycles. The van der Waals surface area contributed by atoms with Crippen LogP contribution in [0.3, 0.4) is 0 Å². The summed E-state index contributed by atoms with van der Waals surface area (Å²) in [5.74, 6) is 2.32. The number of hydrogen-bond donors (Lipinski definition) is 1. The Balaban J connectivity index is 1.31. The Morgan fingerprint density at radius 2 is 1.96 bits per heavy atom. The summed E-state index contributed by atoms with van der Waals surface area (Å²) < 4.78 is 12.8. The minimum atomic E-state index is -0.560. The van der Waals surface area contributed by atoms with Gasteiger partial charge in [0.2, 0.25) is 6.79 Å². The third-order valence-corrected chi connectivity index (χ3v) is 5.36. The van der Waals surface area contributed by atoms with Gasteiger partial charge in [-0.2, -0.15) is 0 Å². The van der Waals surface area contributed by atoms with E-state index in [1.807, 2.05) is 10.9 Å². The van der Waals surface area contributed by atoms with E-state index in [0.717, 1.165) is 50.5 Å². The zero-order valence-corrected chi connectivity index (χ0v) is 15.4. The van der Waals surface area contributed by atoms with Gasteiger partial charge < -0.3 is 14.6 Å². The summed E-state index contributed by atoms with van der Waals surface area (Å²) in [6.45, 7) is 8.15. The van der Waals surface area contributed by atoms with E-state index in [1.54, 1.807) is 6.92 Å². The Labute approximate surface area is 153 Å². The van der Waals surface area contributed by atoms with E-state index in [4.69, 9.17) is 9.47 Å². The van der Waals surface area contributed by atoms with Crippen LogP contribution in [0.25, 0.3) is 0 Å². The van der Waals surface area contributed by atoms with Gasteiger partial charge >= 0.3 is 0 Å². The average molecular weight is 358 g/mol. The Morgan fingerprint density at radius 1 is 1.23 bits per heavy atom. The third kappa shape index (κ3) is 3.68. The highest BCUT2D eigenvalue weighted by atomic mass is 16.7. The smallest absolute Gasteiger partial charge is 0.231 e. The molecular formula is C19H26N4O3. The summed E-state index contributed by atoms with van der Waals surface area (Å²) in [5.41, 5.74) is 3.20. The second-order valence-corrected chi connectivity index (χ2v) is 7.39. The van der Waals surface area contributed by atoms with Crippen LogP contribution in [-0.4, -0.2) is 44.9 Å². The molecule has 3 heterocycles. The first kappa shape index (κ1) is 17.3. The molecule has 26 heavy (non-hydrogen) atoms. The van der Waals surface area contributed by atoms with Crippen LogP contribution < -0.4 is 9.47 Å². The Kier molecular flexibility index (Phi) is 4.82. The standard InChI is InChI=1S/C19H26N4O3/c1-13-7-18-19(26-12-25-18)8-16(13)10-22-5-3-15(4-6-22)9-23-11-17(14(2)24)20-21-23/h7-8,11,14-15,24H,3-6,9-10,12H2,1-2H3. The number of aromatic nitrogens is 3. The molecule has 7 nitrogen and oxygen atoms in total. The van der Waals surface area contributed by atoms with Crippen molar-refractivity contribution in [2.45, 2.75) is 45.9 Å². The zero-order chi connectivity index (χ0) is 18.1. The number of hydrogen-bond acceptors (Lipinski definition) is 6. The maximum Gasteiger partial charge on any atom is 0.231 e. The fraction of sp³-hybridized carbons (Fsp3) is 0.579. The first-order valence-electron chi connectivity index (χ1n) is 9.28. The number of fused-ring (bicyclic) bond motifs is 1. The molecule has 0 amide bonds. The molecular weight excluding hydrogens is 332 g/mol. The van der Waals surface area contributed by atoms with Gasteiger partial charge in [-0.25, -0.2) is 0 Å². The zero-order valence-electron chi connectivity index (χ0n) is 15.4. The van der Waals surface area contributed by atoms with Crippen LogP contribution in [-0.2, 0) is 13.1 Å². The van der Waals surface area contributed by atoms with Crippen molar-refractivity contribution in [1.29, 1.82) is 0 Å². The molecule has 1 fully saturated rings. The molecule has 1 unspecified atom stereocenters. The van der Waals surface area contributed by atoms with Crippen molar-refractivity contribution >= 4 is 0 Å². The molecule has 0 saturated carbocycles. The number of piperidine rings is 1. The molecule has 0 bridgehead atoms. The van der Waals surface area contributed by atoms with Crippen molar-refractivity contribution in [2.75, 3.05) is 19.9 Å². The summed E-state index contributed by atoms with van der Waals surface area (Å²) in [6.07, 6.45) is 3.59. The van der Waals surface area contributed by atoms with Crippen molar-refractivity contribution in [3.8, 4) is 11.5 Å². The van der Waals surface area contributed by atoms with E-state index in [1.165, 1.54) is 11.1 Å². The molecule has 1 N–H and O–H groups in total. The van der Waals surface area contributed by atoms with Crippen LogP contribution in [0.2, 0.25) is 0 Å². The second kappa shape index (κ2) is 7.25. The summed E-state index contributed by atoms with van der Waals surface area (Å²) in [5, 5.41) is 17.7. The first-order valence-corrected chi connectivity index (χ1v) is 9.28. The molecule has 7 heteroatoms. The summed E-state index contributed by atoms with van der Waals surface area (Å²) >= 11 is 0. The quantitative estimate of drug-likeness (QED) is 0.884. The van der Waals surface area contributed by atoms with E-state index in [0.29, 0.717) is 18.4 Å². The number of aryl methyl sites for hydroxylation is 1. The summed E-state index contributed by atoms with van der Waals surface area (Å²) in [4.78, 5) is 2.50. The summed E-state index contributed by atoms with van der Waals surface area (Å²) in [7, 11) is 0. The van der Waals surface area contributed by atoms with Crippen molar-refractivity contribution in [2.24, 2.45) is 5.92 Å². The number of benzene rings is 1. The molecule has 0 radical (unpaired) electrons. The van der Waals surface area contributed by atoms with Crippen molar-refractivity contribution in [3.05, 3.63) is 35.2 Å². The van der Waals surface area contributed by atoms with Crippen molar-refractivity contribution in [1.82, 2.24) is 19.9 Å². The SMILES string of the molecule is Cc1cc2c(cc1CN1CCC(Cn3cc(C(C)O)nn3)CC1)OCO2. The van der Waals surface area contributed by atoms with Gasteiger partial charge in [-0.1, -0.05) is 5.21 Å². The monoisotopic (exact) mass is 358 g/mol. The van der Waals surface area contributed by atoms with Crippen LogP contribution in [0.15, 0.2) is 18.3 Å². The molecule has 2 aliphatic rings. The Morgan fingerprint density at radius 3 is 2.65 bits per heavy atom. The fourth-order valence-corrected chi connectivity index (χ4v) is 3.68. The molecule has 1 aromatic heterocycles. The highest BCUT2D eigenvalue weighted by molar-refractivity contribution is 5.48. The lowest BCUT2D eigenvalue weighted by atomic mass is 9.96. The maximum atomic E-state index is 9.56. The van der Waals surface area contributed by atoms with Crippen LogP contribution >= 0.6 is 0 Å². The maximum absolute atomic E-state index is 9.56. The van der Waals surface area contributed by atoms with Gasteiger partial charge in [0, 0.05) is 13.1 Å². The van der Waals surface area contributed by atoms with E-state index in [9.17, 15) is 5.11 Å². The Bertz CT molecular complexity index is 766. The topological polar surface area (TPSA) is 72.6 Å².